The lowest BCUT2D eigenvalue weighted by Gasteiger charge is -2.31. The summed E-state index contributed by atoms with van der Waals surface area (Å²) in [6.45, 7) is -0.349. The Kier molecular flexibility index (Phi) is 6.18. The molecule has 134 valence electrons. The highest BCUT2D eigenvalue weighted by Gasteiger charge is 2.34. The van der Waals surface area contributed by atoms with E-state index in [-0.39, 0.29) is 32.1 Å². The van der Waals surface area contributed by atoms with Crippen molar-refractivity contribution in [3.05, 3.63) is 18.0 Å². The Labute approximate surface area is 136 Å². The van der Waals surface area contributed by atoms with E-state index < -0.39 is 24.6 Å². The Bertz CT molecular complexity index is 540. The number of alkyl halides is 3. The molecule has 2 N–H and O–H groups in total. The van der Waals surface area contributed by atoms with Gasteiger partial charge in [-0.1, -0.05) is 0 Å². The number of hydrogen-bond acceptors (Lipinski definition) is 5. The molecule has 0 aromatic carbocycles. The number of H-pyrrole nitrogens is 1. The molecule has 1 aliphatic heterocycles. The number of halogens is 3. The molecule has 24 heavy (non-hydrogen) atoms. The van der Waals surface area contributed by atoms with E-state index in [9.17, 15) is 22.8 Å². The lowest BCUT2D eigenvalue weighted by atomic mass is 9.97. The summed E-state index contributed by atoms with van der Waals surface area (Å²) in [5.74, 6) is -1.18. The van der Waals surface area contributed by atoms with Crippen molar-refractivity contribution in [1.29, 1.82) is 0 Å². The van der Waals surface area contributed by atoms with Gasteiger partial charge in [0.15, 0.2) is 0 Å². The quantitative estimate of drug-likeness (QED) is 0.591. The normalized spacial score (nSPS) is 16.8. The van der Waals surface area contributed by atoms with Crippen LogP contribution in [-0.4, -0.2) is 65.9 Å². The first-order valence-corrected chi connectivity index (χ1v) is 7.58. The summed E-state index contributed by atoms with van der Waals surface area (Å²) in [4.78, 5) is 24.7. The third kappa shape index (κ3) is 5.84. The van der Waals surface area contributed by atoms with Gasteiger partial charge in [-0.05, 0) is 32.0 Å². The molecule has 1 aromatic rings. The molecule has 1 saturated heterocycles. The van der Waals surface area contributed by atoms with Crippen LogP contribution in [0.25, 0.3) is 0 Å². The number of ether oxygens (including phenoxy) is 1. The first-order valence-electron chi connectivity index (χ1n) is 7.58. The van der Waals surface area contributed by atoms with Crippen molar-refractivity contribution in [2.24, 2.45) is 5.92 Å². The van der Waals surface area contributed by atoms with Crippen LogP contribution in [0, 0.1) is 5.92 Å². The zero-order chi connectivity index (χ0) is 17.6. The van der Waals surface area contributed by atoms with Crippen LogP contribution in [-0.2, 0) is 9.53 Å². The van der Waals surface area contributed by atoms with E-state index in [0.29, 0.717) is 18.5 Å². The zero-order valence-electron chi connectivity index (χ0n) is 12.9. The van der Waals surface area contributed by atoms with Gasteiger partial charge in [0.05, 0.1) is 19.0 Å². The van der Waals surface area contributed by atoms with Crippen molar-refractivity contribution in [2.75, 3.05) is 32.8 Å². The topological polar surface area (TPSA) is 87.3 Å². The lowest BCUT2D eigenvalue weighted by Crippen LogP contribution is -2.42. The first-order chi connectivity index (χ1) is 11.3. The molecule has 0 saturated carbocycles. The molecular formula is C14H19F3N4O3. The number of rotatable bonds is 6. The van der Waals surface area contributed by atoms with Crippen LogP contribution >= 0.6 is 0 Å². The van der Waals surface area contributed by atoms with Gasteiger partial charge in [0, 0.05) is 6.20 Å². The van der Waals surface area contributed by atoms with Crippen LogP contribution < -0.4 is 5.32 Å². The van der Waals surface area contributed by atoms with Crippen molar-refractivity contribution < 1.29 is 27.5 Å². The second-order valence-electron chi connectivity index (χ2n) is 5.56. The third-order valence-corrected chi connectivity index (χ3v) is 3.70. The zero-order valence-corrected chi connectivity index (χ0v) is 12.9. The fraction of sp³-hybridized carbons (Fsp3) is 0.643. The molecule has 0 radical (unpaired) electrons. The number of esters is 1. The number of carbonyl (C=O) groups excluding carboxylic acids is 2. The number of carbonyl (C=O) groups is 2. The standard InChI is InChI=1S/C14H19F3N4O3/c15-14(16,17)9-21-6-2-10(3-7-21)13(23)24-8-5-18-12(22)11-1-4-19-20-11/h1,4,10H,2-3,5-9H2,(H,18,22)(H,19,20). The van der Waals surface area contributed by atoms with E-state index >= 15 is 0 Å². The van der Waals surface area contributed by atoms with E-state index in [1.165, 1.54) is 17.2 Å². The molecule has 1 aromatic heterocycles. The van der Waals surface area contributed by atoms with Crippen molar-refractivity contribution in [3.63, 3.8) is 0 Å². The van der Waals surface area contributed by atoms with E-state index in [0.717, 1.165) is 0 Å². The van der Waals surface area contributed by atoms with E-state index in [1.807, 2.05) is 0 Å². The second kappa shape index (κ2) is 8.13. The number of hydrogen-bond donors (Lipinski definition) is 2. The maximum absolute atomic E-state index is 12.3. The number of aromatic amines is 1. The van der Waals surface area contributed by atoms with Crippen LogP contribution in [0.5, 0.6) is 0 Å². The predicted octanol–water partition coefficient (Wildman–Crippen LogP) is 0.957. The molecule has 0 unspecified atom stereocenters. The van der Waals surface area contributed by atoms with Gasteiger partial charge in [-0.25, -0.2) is 0 Å². The molecule has 1 amide bonds. The van der Waals surface area contributed by atoms with Crippen LogP contribution in [0.1, 0.15) is 23.3 Å². The Morgan fingerprint density at radius 3 is 2.67 bits per heavy atom. The average Bonchev–Trinajstić information content (AvgIpc) is 3.04. The molecule has 0 atom stereocenters. The number of piperidine rings is 1. The fourth-order valence-corrected chi connectivity index (χ4v) is 2.49. The molecule has 7 nitrogen and oxygen atoms in total. The van der Waals surface area contributed by atoms with E-state index in [4.69, 9.17) is 4.74 Å². The summed E-state index contributed by atoms with van der Waals surface area (Å²) in [5.41, 5.74) is 0.304. The number of amides is 1. The van der Waals surface area contributed by atoms with Gasteiger partial charge in [-0.2, -0.15) is 18.3 Å². The molecule has 0 bridgehead atoms. The summed E-state index contributed by atoms with van der Waals surface area (Å²) in [6, 6.07) is 1.51. The minimum atomic E-state index is -4.22. The highest BCUT2D eigenvalue weighted by Crippen LogP contribution is 2.23. The Balaban J connectivity index is 1.61. The van der Waals surface area contributed by atoms with Crippen LogP contribution in [0.4, 0.5) is 13.2 Å². The second-order valence-corrected chi connectivity index (χ2v) is 5.56. The third-order valence-electron chi connectivity index (χ3n) is 3.70. The molecular weight excluding hydrogens is 329 g/mol. The number of likely N-dealkylation sites (tertiary alicyclic amines) is 1. The van der Waals surface area contributed by atoms with Crippen LogP contribution in [0.3, 0.4) is 0 Å². The van der Waals surface area contributed by atoms with Crippen molar-refractivity contribution >= 4 is 11.9 Å². The number of nitrogens with one attached hydrogen (secondary N) is 2. The van der Waals surface area contributed by atoms with Crippen LogP contribution in [0.15, 0.2) is 12.3 Å². The largest absolute Gasteiger partial charge is 0.464 e. The minimum Gasteiger partial charge on any atom is -0.464 e. The predicted molar refractivity (Wildman–Crippen MR) is 77.1 cm³/mol. The Hall–Kier alpha value is -2.10. The lowest BCUT2D eigenvalue weighted by molar-refractivity contribution is -0.155. The van der Waals surface area contributed by atoms with Crippen molar-refractivity contribution in [2.45, 2.75) is 19.0 Å². The first kappa shape index (κ1) is 18.2. The fourth-order valence-electron chi connectivity index (χ4n) is 2.49. The van der Waals surface area contributed by atoms with Crippen molar-refractivity contribution in [1.82, 2.24) is 20.4 Å². The minimum absolute atomic E-state index is 0.0154. The van der Waals surface area contributed by atoms with Gasteiger partial charge in [0.1, 0.15) is 12.3 Å². The van der Waals surface area contributed by atoms with Gasteiger partial charge >= 0.3 is 12.1 Å². The van der Waals surface area contributed by atoms with Gasteiger partial charge in [-0.15, -0.1) is 0 Å². The number of nitrogens with zero attached hydrogens (tertiary/aromatic N) is 2. The summed E-state index contributed by atoms with van der Waals surface area (Å²) in [5, 5.41) is 8.70. The smallest absolute Gasteiger partial charge is 0.401 e. The summed E-state index contributed by atoms with van der Waals surface area (Å²) in [6.07, 6.45) is -2.09. The summed E-state index contributed by atoms with van der Waals surface area (Å²) < 4.78 is 41.9. The Morgan fingerprint density at radius 2 is 2.08 bits per heavy atom. The summed E-state index contributed by atoms with van der Waals surface area (Å²) in [7, 11) is 0. The summed E-state index contributed by atoms with van der Waals surface area (Å²) >= 11 is 0. The molecule has 2 rings (SSSR count). The van der Waals surface area contributed by atoms with E-state index in [2.05, 4.69) is 15.5 Å². The highest BCUT2D eigenvalue weighted by molar-refractivity contribution is 5.92. The van der Waals surface area contributed by atoms with Gasteiger partial charge in [-0.3, -0.25) is 19.6 Å². The molecule has 0 aliphatic carbocycles. The van der Waals surface area contributed by atoms with Gasteiger partial charge < -0.3 is 10.1 Å². The number of aromatic nitrogens is 2. The Morgan fingerprint density at radius 1 is 1.38 bits per heavy atom. The average molecular weight is 348 g/mol. The van der Waals surface area contributed by atoms with Gasteiger partial charge in [0.25, 0.3) is 5.91 Å². The van der Waals surface area contributed by atoms with Gasteiger partial charge in [0.2, 0.25) is 0 Å². The van der Waals surface area contributed by atoms with Crippen molar-refractivity contribution in [3.8, 4) is 0 Å². The maximum Gasteiger partial charge on any atom is 0.401 e. The molecule has 10 heteroatoms. The SMILES string of the molecule is O=C(NCCOC(=O)C1CCN(CC(F)(F)F)CC1)c1ccn[nH]1. The highest BCUT2D eigenvalue weighted by atomic mass is 19.4. The van der Waals surface area contributed by atoms with Crippen LogP contribution in [0.2, 0.25) is 0 Å². The molecule has 1 fully saturated rings. The molecule has 2 heterocycles. The molecule has 0 spiro atoms. The maximum atomic E-state index is 12.3. The van der Waals surface area contributed by atoms with E-state index in [1.54, 1.807) is 0 Å². The molecule has 1 aliphatic rings. The monoisotopic (exact) mass is 348 g/mol.